The summed E-state index contributed by atoms with van der Waals surface area (Å²) in [5.41, 5.74) is 2.30. The average molecular weight is 384 g/mol. The third-order valence-corrected chi connectivity index (χ3v) is 6.33. The number of benzene rings is 1. The normalized spacial score (nSPS) is 13.7. The Morgan fingerprint density at radius 2 is 2.15 bits per heavy atom. The third kappa shape index (κ3) is 3.86. The van der Waals surface area contributed by atoms with Crippen LogP contribution in [0.5, 0.6) is 0 Å². The first kappa shape index (κ1) is 17.4. The van der Waals surface area contributed by atoms with Gasteiger partial charge in [0, 0.05) is 23.3 Å². The highest BCUT2D eigenvalue weighted by atomic mass is 32.2. The van der Waals surface area contributed by atoms with Crippen LogP contribution in [-0.2, 0) is 11.3 Å². The summed E-state index contributed by atoms with van der Waals surface area (Å²) < 4.78 is 2.06. The van der Waals surface area contributed by atoms with E-state index >= 15 is 0 Å². The van der Waals surface area contributed by atoms with E-state index in [2.05, 4.69) is 40.1 Å². The summed E-state index contributed by atoms with van der Waals surface area (Å²) >= 11 is 3.23. The molecule has 0 N–H and O–H groups in total. The highest BCUT2D eigenvalue weighted by Crippen LogP contribution is 2.31. The van der Waals surface area contributed by atoms with Gasteiger partial charge < -0.3 is 4.90 Å². The number of thiophene rings is 1. The van der Waals surface area contributed by atoms with E-state index in [-0.39, 0.29) is 5.91 Å². The molecule has 1 fully saturated rings. The number of hydrogen-bond acceptors (Lipinski definition) is 4. The maximum atomic E-state index is 12.8. The molecule has 1 saturated carbocycles. The fraction of sp³-hybridized carbons (Fsp3) is 0.300. The van der Waals surface area contributed by atoms with E-state index in [0.29, 0.717) is 11.8 Å². The van der Waals surface area contributed by atoms with Crippen molar-refractivity contribution in [3.8, 4) is 5.69 Å². The van der Waals surface area contributed by atoms with Crippen molar-refractivity contribution in [1.82, 2.24) is 14.5 Å². The minimum atomic E-state index is 0.199. The SMILES string of the molecule is Cc1ccccc1-n1ccnc1SCC(=O)N(Cc1cccs1)C1CC1. The van der Waals surface area contributed by atoms with Gasteiger partial charge in [-0.3, -0.25) is 9.36 Å². The lowest BCUT2D eigenvalue weighted by atomic mass is 10.2. The van der Waals surface area contributed by atoms with Crippen LogP contribution in [0.3, 0.4) is 0 Å². The minimum absolute atomic E-state index is 0.199. The molecule has 0 bridgehead atoms. The first-order valence-corrected chi connectivity index (χ1v) is 10.6. The molecule has 4 rings (SSSR count). The molecule has 134 valence electrons. The van der Waals surface area contributed by atoms with Gasteiger partial charge in [0.2, 0.25) is 5.91 Å². The van der Waals surface area contributed by atoms with Gasteiger partial charge in [-0.25, -0.2) is 4.98 Å². The summed E-state index contributed by atoms with van der Waals surface area (Å²) in [4.78, 5) is 20.6. The van der Waals surface area contributed by atoms with Gasteiger partial charge in [-0.2, -0.15) is 0 Å². The Hall–Kier alpha value is -2.05. The molecule has 26 heavy (non-hydrogen) atoms. The summed E-state index contributed by atoms with van der Waals surface area (Å²) in [6, 6.07) is 12.8. The summed E-state index contributed by atoms with van der Waals surface area (Å²) in [6.45, 7) is 2.82. The molecule has 0 spiro atoms. The van der Waals surface area contributed by atoms with E-state index in [0.717, 1.165) is 30.2 Å². The molecule has 0 radical (unpaired) electrons. The lowest BCUT2D eigenvalue weighted by Gasteiger charge is -2.21. The Bertz CT molecular complexity index is 884. The van der Waals surface area contributed by atoms with Crippen molar-refractivity contribution in [2.24, 2.45) is 0 Å². The molecule has 2 aromatic heterocycles. The monoisotopic (exact) mass is 383 g/mol. The van der Waals surface area contributed by atoms with E-state index in [1.165, 1.54) is 22.2 Å². The molecule has 0 aliphatic heterocycles. The number of nitrogens with zero attached hydrogens (tertiary/aromatic N) is 3. The smallest absolute Gasteiger partial charge is 0.233 e. The van der Waals surface area contributed by atoms with Crippen molar-refractivity contribution in [2.75, 3.05) is 5.75 Å². The second kappa shape index (κ2) is 7.68. The summed E-state index contributed by atoms with van der Waals surface area (Å²) in [5, 5.41) is 2.93. The van der Waals surface area contributed by atoms with Crippen LogP contribution in [-0.4, -0.2) is 32.2 Å². The predicted molar refractivity (Wildman–Crippen MR) is 107 cm³/mol. The van der Waals surface area contributed by atoms with Crippen molar-refractivity contribution in [1.29, 1.82) is 0 Å². The fourth-order valence-electron chi connectivity index (χ4n) is 3.00. The highest BCUT2D eigenvalue weighted by Gasteiger charge is 2.32. The number of rotatable bonds is 7. The quantitative estimate of drug-likeness (QED) is 0.563. The van der Waals surface area contributed by atoms with Gasteiger partial charge in [0.15, 0.2) is 5.16 Å². The highest BCUT2D eigenvalue weighted by molar-refractivity contribution is 7.99. The lowest BCUT2D eigenvalue weighted by molar-refractivity contribution is -0.129. The average Bonchev–Trinajstić information content (AvgIpc) is 3.16. The van der Waals surface area contributed by atoms with Gasteiger partial charge in [-0.15, -0.1) is 11.3 Å². The molecule has 3 aromatic rings. The standard InChI is InChI=1S/C20H21N3OS2/c1-15-5-2-3-7-18(15)22-11-10-21-20(22)26-14-19(24)23(16-8-9-16)13-17-6-4-12-25-17/h2-7,10-12,16H,8-9,13-14H2,1H3. The number of carbonyl (C=O) groups is 1. The van der Waals surface area contributed by atoms with Crippen LogP contribution in [0.2, 0.25) is 0 Å². The van der Waals surface area contributed by atoms with Crippen molar-refractivity contribution in [3.63, 3.8) is 0 Å². The van der Waals surface area contributed by atoms with E-state index in [1.54, 1.807) is 17.5 Å². The minimum Gasteiger partial charge on any atom is -0.334 e. The maximum absolute atomic E-state index is 12.8. The van der Waals surface area contributed by atoms with Crippen LogP contribution < -0.4 is 0 Å². The number of hydrogen-bond donors (Lipinski definition) is 0. The van der Waals surface area contributed by atoms with Crippen molar-refractivity contribution >= 4 is 29.0 Å². The van der Waals surface area contributed by atoms with E-state index in [4.69, 9.17) is 0 Å². The van der Waals surface area contributed by atoms with Gasteiger partial charge in [-0.05, 0) is 42.8 Å². The van der Waals surface area contributed by atoms with Gasteiger partial charge in [0.25, 0.3) is 0 Å². The molecule has 1 aliphatic rings. The number of aryl methyl sites for hydroxylation is 1. The van der Waals surface area contributed by atoms with E-state index in [1.807, 2.05) is 29.3 Å². The third-order valence-electron chi connectivity index (χ3n) is 4.52. The van der Waals surface area contributed by atoms with E-state index in [9.17, 15) is 4.79 Å². The van der Waals surface area contributed by atoms with Crippen LogP contribution in [0.4, 0.5) is 0 Å². The zero-order valence-corrected chi connectivity index (χ0v) is 16.3. The first-order valence-electron chi connectivity index (χ1n) is 8.76. The molecule has 6 heteroatoms. The largest absolute Gasteiger partial charge is 0.334 e. The van der Waals surface area contributed by atoms with Gasteiger partial charge in [0.05, 0.1) is 18.0 Å². The molecule has 4 nitrogen and oxygen atoms in total. The van der Waals surface area contributed by atoms with Gasteiger partial charge in [0.1, 0.15) is 0 Å². The molecule has 1 aromatic carbocycles. The van der Waals surface area contributed by atoms with Gasteiger partial charge in [-0.1, -0.05) is 36.0 Å². The zero-order chi connectivity index (χ0) is 17.9. The molecule has 1 aliphatic carbocycles. The van der Waals surface area contributed by atoms with Crippen LogP contribution >= 0.6 is 23.1 Å². The van der Waals surface area contributed by atoms with Crippen molar-refractivity contribution in [2.45, 2.75) is 37.5 Å². The molecule has 1 amide bonds. The lowest BCUT2D eigenvalue weighted by Crippen LogP contribution is -2.33. The number of thioether (sulfide) groups is 1. The molecule has 0 atom stereocenters. The van der Waals surface area contributed by atoms with Crippen LogP contribution in [0.15, 0.2) is 59.3 Å². The Morgan fingerprint density at radius 1 is 1.31 bits per heavy atom. The number of aromatic nitrogens is 2. The number of imidazole rings is 1. The predicted octanol–water partition coefficient (Wildman–Crippen LogP) is 4.53. The Balaban J connectivity index is 1.45. The molecular formula is C20H21N3OS2. The fourth-order valence-corrected chi connectivity index (χ4v) is 4.56. The second-order valence-electron chi connectivity index (χ2n) is 6.49. The Labute approximate surface area is 161 Å². The van der Waals surface area contributed by atoms with Crippen LogP contribution in [0, 0.1) is 6.92 Å². The first-order chi connectivity index (χ1) is 12.7. The summed E-state index contributed by atoms with van der Waals surface area (Å²) in [5.74, 6) is 0.621. The summed E-state index contributed by atoms with van der Waals surface area (Å²) in [6.07, 6.45) is 6.00. The number of para-hydroxylation sites is 1. The summed E-state index contributed by atoms with van der Waals surface area (Å²) in [7, 11) is 0. The van der Waals surface area contributed by atoms with Crippen molar-refractivity contribution in [3.05, 3.63) is 64.6 Å². The second-order valence-corrected chi connectivity index (χ2v) is 8.46. The van der Waals surface area contributed by atoms with Gasteiger partial charge >= 0.3 is 0 Å². The molecular weight excluding hydrogens is 362 g/mol. The number of amides is 1. The van der Waals surface area contributed by atoms with Crippen LogP contribution in [0.25, 0.3) is 5.69 Å². The Morgan fingerprint density at radius 3 is 2.88 bits per heavy atom. The molecule has 0 saturated heterocycles. The van der Waals surface area contributed by atoms with Crippen molar-refractivity contribution < 1.29 is 4.79 Å². The zero-order valence-electron chi connectivity index (χ0n) is 14.7. The molecule has 0 unspecified atom stereocenters. The van der Waals surface area contributed by atoms with E-state index < -0.39 is 0 Å². The maximum Gasteiger partial charge on any atom is 0.233 e. The molecule has 2 heterocycles. The topological polar surface area (TPSA) is 38.1 Å². The Kier molecular flexibility index (Phi) is 5.13. The number of carbonyl (C=O) groups excluding carboxylic acids is 1. The van der Waals surface area contributed by atoms with Crippen LogP contribution in [0.1, 0.15) is 23.3 Å².